The van der Waals surface area contributed by atoms with E-state index < -0.39 is 0 Å². The van der Waals surface area contributed by atoms with Gasteiger partial charge in [-0.05, 0) is 78.1 Å². The molecule has 1 fully saturated rings. The highest BCUT2D eigenvalue weighted by molar-refractivity contribution is 5.79. The zero-order chi connectivity index (χ0) is 19.3. The average molecular weight is 371 g/mol. The third-order valence-electron chi connectivity index (χ3n) is 5.18. The molecular weight excluding hydrogens is 346 g/mol. The van der Waals surface area contributed by atoms with Crippen LogP contribution >= 0.6 is 0 Å². The molecule has 3 heteroatoms. The minimum absolute atomic E-state index is 0.782. The molecule has 0 radical (unpaired) electrons. The predicted octanol–water partition coefficient (Wildman–Crippen LogP) is 6.15. The van der Waals surface area contributed by atoms with Crippen molar-refractivity contribution in [3.8, 4) is 17.2 Å². The summed E-state index contributed by atoms with van der Waals surface area (Å²) in [4.78, 5) is 2.44. The number of rotatable bonds is 6. The molecule has 0 amide bonds. The number of benzene rings is 3. The minimum atomic E-state index is 0.782. The van der Waals surface area contributed by atoms with Crippen molar-refractivity contribution in [3.05, 3.63) is 90.5 Å². The van der Waals surface area contributed by atoms with Gasteiger partial charge in [-0.15, -0.1) is 0 Å². The lowest BCUT2D eigenvalue weighted by Crippen LogP contribution is -2.17. The first-order valence-corrected chi connectivity index (χ1v) is 9.69. The van der Waals surface area contributed by atoms with E-state index in [1.807, 2.05) is 36.4 Å². The van der Waals surface area contributed by atoms with Gasteiger partial charge in [0.1, 0.15) is 17.2 Å². The van der Waals surface area contributed by atoms with Crippen LogP contribution in [0.3, 0.4) is 0 Å². The molecule has 3 aromatic rings. The summed E-state index contributed by atoms with van der Waals surface area (Å²) >= 11 is 0. The number of ether oxygens (including phenoxy) is 2. The summed E-state index contributed by atoms with van der Waals surface area (Å²) in [6.45, 7) is 6.61. The minimum Gasteiger partial charge on any atom is -0.497 e. The molecule has 0 unspecified atom stereocenters. The van der Waals surface area contributed by atoms with Crippen LogP contribution in [0.4, 0.5) is 5.69 Å². The van der Waals surface area contributed by atoms with E-state index in [2.05, 4.69) is 47.9 Å². The van der Waals surface area contributed by atoms with Crippen LogP contribution in [0.25, 0.3) is 5.57 Å². The maximum Gasteiger partial charge on any atom is 0.127 e. The maximum absolute atomic E-state index is 5.90. The van der Waals surface area contributed by atoms with Crippen LogP contribution in [0.2, 0.25) is 0 Å². The highest BCUT2D eigenvalue weighted by atomic mass is 16.5. The molecule has 1 aliphatic heterocycles. The fourth-order valence-corrected chi connectivity index (χ4v) is 3.52. The molecule has 0 atom stereocenters. The Morgan fingerprint density at radius 3 is 1.71 bits per heavy atom. The lowest BCUT2D eigenvalue weighted by molar-refractivity contribution is 0.413. The van der Waals surface area contributed by atoms with E-state index in [1.54, 1.807) is 7.11 Å². The number of methoxy groups -OCH3 is 1. The van der Waals surface area contributed by atoms with Gasteiger partial charge in [-0.2, -0.15) is 0 Å². The van der Waals surface area contributed by atoms with E-state index in [4.69, 9.17) is 9.47 Å². The second kappa shape index (κ2) is 8.22. The molecule has 1 aliphatic rings. The van der Waals surface area contributed by atoms with Crippen LogP contribution in [-0.4, -0.2) is 20.2 Å². The van der Waals surface area contributed by atoms with Crippen LogP contribution in [0.5, 0.6) is 17.2 Å². The molecule has 28 heavy (non-hydrogen) atoms. The van der Waals surface area contributed by atoms with Crippen molar-refractivity contribution in [1.29, 1.82) is 0 Å². The van der Waals surface area contributed by atoms with Crippen molar-refractivity contribution < 1.29 is 9.47 Å². The van der Waals surface area contributed by atoms with Crippen LogP contribution in [0.1, 0.15) is 24.0 Å². The van der Waals surface area contributed by atoms with Crippen LogP contribution in [0, 0.1) is 0 Å². The van der Waals surface area contributed by atoms with Gasteiger partial charge in [0.15, 0.2) is 0 Å². The van der Waals surface area contributed by atoms with Crippen molar-refractivity contribution in [1.82, 2.24) is 0 Å². The smallest absolute Gasteiger partial charge is 0.127 e. The molecule has 142 valence electrons. The lowest BCUT2D eigenvalue weighted by atomic mass is 9.99. The number of hydrogen-bond acceptors (Lipinski definition) is 3. The van der Waals surface area contributed by atoms with Gasteiger partial charge in [0.05, 0.1) is 7.11 Å². The fourth-order valence-electron chi connectivity index (χ4n) is 3.52. The average Bonchev–Trinajstić information content (AvgIpc) is 3.29. The van der Waals surface area contributed by atoms with Crippen molar-refractivity contribution >= 4 is 11.3 Å². The largest absolute Gasteiger partial charge is 0.497 e. The summed E-state index contributed by atoms with van der Waals surface area (Å²) in [5, 5.41) is 0. The Kier molecular flexibility index (Phi) is 5.34. The van der Waals surface area contributed by atoms with Crippen LogP contribution in [0.15, 0.2) is 79.4 Å². The van der Waals surface area contributed by atoms with Gasteiger partial charge in [0.25, 0.3) is 0 Å². The number of hydrogen-bond donors (Lipinski definition) is 0. The number of nitrogens with zero attached hydrogens (tertiary/aromatic N) is 1. The predicted molar refractivity (Wildman–Crippen MR) is 116 cm³/mol. The van der Waals surface area contributed by atoms with E-state index in [1.165, 1.54) is 18.5 Å². The Morgan fingerprint density at radius 1 is 0.714 bits per heavy atom. The molecular formula is C25H25NO2. The summed E-state index contributed by atoms with van der Waals surface area (Å²) in [7, 11) is 1.65. The second-order valence-electron chi connectivity index (χ2n) is 7.02. The summed E-state index contributed by atoms with van der Waals surface area (Å²) < 4.78 is 11.1. The molecule has 3 aromatic carbocycles. The molecule has 0 N–H and O–H groups in total. The van der Waals surface area contributed by atoms with Crippen molar-refractivity contribution in [2.24, 2.45) is 0 Å². The Morgan fingerprint density at radius 2 is 1.18 bits per heavy atom. The quantitative estimate of drug-likeness (QED) is 0.519. The zero-order valence-electron chi connectivity index (χ0n) is 16.2. The van der Waals surface area contributed by atoms with E-state index in [0.29, 0.717) is 0 Å². The molecule has 0 aliphatic carbocycles. The van der Waals surface area contributed by atoms with E-state index in [-0.39, 0.29) is 0 Å². The fraction of sp³-hybridized carbons (Fsp3) is 0.200. The molecule has 4 rings (SSSR count). The molecule has 0 saturated carbocycles. The topological polar surface area (TPSA) is 21.7 Å². The summed E-state index contributed by atoms with van der Waals surface area (Å²) in [6.07, 6.45) is 2.58. The first-order valence-electron chi connectivity index (χ1n) is 9.69. The SMILES string of the molecule is C=C(c1ccc(Oc2ccc(OC)cc2)cc1)c1ccc(N2CCCC2)cc1. The van der Waals surface area contributed by atoms with E-state index >= 15 is 0 Å². The lowest BCUT2D eigenvalue weighted by Gasteiger charge is -2.18. The third-order valence-corrected chi connectivity index (χ3v) is 5.18. The second-order valence-corrected chi connectivity index (χ2v) is 7.02. The van der Waals surface area contributed by atoms with Gasteiger partial charge >= 0.3 is 0 Å². The van der Waals surface area contributed by atoms with Crippen molar-refractivity contribution in [2.45, 2.75) is 12.8 Å². The molecule has 3 nitrogen and oxygen atoms in total. The standard InChI is InChI=1S/C25H25NO2/c1-19(20-5-9-22(10-6-20)26-17-3-4-18-26)21-7-11-24(12-8-21)28-25-15-13-23(27-2)14-16-25/h5-16H,1,3-4,17-18H2,2H3. The summed E-state index contributed by atoms with van der Waals surface area (Å²) in [5.74, 6) is 2.39. The zero-order valence-corrected chi connectivity index (χ0v) is 16.2. The van der Waals surface area contributed by atoms with Gasteiger partial charge in [-0.3, -0.25) is 0 Å². The normalized spacial score (nSPS) is 13.4. The molecule has 0 bridgehead atoms. The van der Waals surface area contributed by atoms with E-state index in [9.17, 15) is 0 Å². The molecule has 1 heterocycles. The summed E-state index contributed by atoms with van der Waals surface area (Å²) in [5.41, 5.74) is 4.56. The Hall–Kier alpha value is -3.20. The maximum atomic E-state index is 5.90. The highest BCUT2D eigenvalue weighted by Crippen LogP contribution is 2.29. The third kappa shape index (κ3) is 4.04. The van der Waals surface area contributed by atoms with Gasteiger partial charge in [0, 0.05) is 18.8 Å². The Balaban J connectivity index is 1.43. The van der Waals surface area contributed by atoms with Crippen molar-refractivity contribution in [3.63, 3.8) is 0 Å². The van der Waals surface area contributed by atoms with E-state index in [0.717, 1.165) is 47.0 Å². The van der Waals surface area contributed by atoms with Crippen LogP contribution < -0.4 is 14.4 Å². The first-order chi connectivity index (χ1) is 13.7. The molecule has 0 aromatic heterocycles. The molecule has 1 saturated heterocycles. The summed E-state index contributed by atoms with van der Waals surface area (Å²) in [6, 6.07) is 24.4. The van der Waals surface area contributed by atoms with Crippen molar-refractivity contribution in [2.75, 3.05) is 25.1 Å². The first kappa shape index (κ1) is 18.2. The monoisotopic (exact) mass is 371 g/mol. The molecule has 0 spiro atoms. The van der Waals surface area contributed by atoms with Gasteiger partial charge < -0.3 is 14.4 Å². The van der Waals surface area contributed by atoms with Gasteiger partial charge in [-0.1, -0.05) is 30.8 Å². The van der Waals surface area contributed by atoms with Gasteiger partial charge in [0.2, 0.25) is 0 Å². The number of anilines is 1. The Bertz CT molecular complexity index is 922. The highest BCUT2D eigenvalue weighted by Gasteiger charge is 2.12. The van der Waals surface area contributed by atoms with Crippen LogP contribution in [-0.2, 0) is 0 Å². The van der Waals surface area contributed by atoms with Gasteiger partial charge in [-0.25, -0.2) is 0 Å². The Labute approximate surface area is 166 Å².